The molecule has 1 aliphatic rings. The van der Waals surface area contributed by atoms with Gasteiger partial charge in [-0.2, -0.15) is 0 Å². The number of H-pyrrole nitrogens is 2. The van der Waals surface area contributed by atoms with E-state index in [1.807, 2.05) is 0 Å². The molecule has 7 nitrogen and oxygen atoms in total. The molecule has 0 aromatic carbocycles. The topological polar surface area (TPSA) is 99.6 Å². The van der Waals surface area contributed by atoms with Gasteiger partial charge < -0.3 is 24.7 Å². The Morgan fingerprint density at radius 2 is 2.00 bits per heavy atom. The largest absolute Gasteiger partial charge is 0.466 e. The van der Waals surface area contributed by atoms with Gasteiger partial charge in [0.2, 0.25) is 0 Å². The number of imidazole rings is 1. The molecule has 136 valence electrons. The van der Waals surface area contributed by atoms with E-state index in [0.717, 1.165) is 25.3 Å². The molecular weight excluding hydrogens is 310 g/mol. The maximum absolute atomic E-state index is 11.7. The first kappa shape index (κ1) is 18.7. The molecule has 2 rings (SSSR count). The van der Waals surface area contributed by atoms with Gasteiger partial charge in [-0.15, -0.1) is 0 Å². The van der Waals surface area contributed by atoms with Crippen molar-refractivity contribution < 1.29 is 19.5 Å². The zero-order valence-corrected chi connectivity index (χ0v) is 14.5. The van der Waals surface area contributed by atoms with Crippen molar-refractivity contribution in [3.05, 3.63) is 21.9 Å². The summed E-state index contributed by atoms with van der Waals surface area (Å²) in [6, 6.07) is 0. The number of likely N-dealkylation sites (tertiary alicyclic amines) is 1. The average molecular weight is 340 g/mol. The van der Waals surface area contributed by atoms with Gasteiger partial charge in [-0.1, -0.05) is 0 Å². The summed E-state index contributed by atoms with van der Waals surface area (Å²) >= 11 is 0. The third-order valence-corrected chi connectivity index (χ3v) is 4.57. The van der Waals surface area contributed by atoms with E-state index in [1.54, 1.807) is 6.92 Å². The Balaban J connectivity index is 1.83. The second-order valence-electron chi connectivity index (χ2n) is 6.53. The van der Waals surface area contributed by atoms with Gasteiger partial charge in [-0.3, -0.25) is 4.79 Å². The van der Waals surface area contributed by atoms with Gasteiger partial charge in [0.15, 0.2) is 0 Å². The Kier molecular flexibility index (Phi) is 7.52. The van der Waals surface area contributed by atoms with Gasteiger partial charge >= 0.3 is 11.7 Å². The van der Waals surface area contributed by atoms with Gasteiger partial charge in [0, 0.05) is 6.42 Å². The zero-order valence-electron chi connectivity index (χ0n) is 14.5. The molecule has 24 heavy (non-hydrogen) atoms. The zero-order chi connectivity index (χ0) is 17.4. The lowest BCUT2D eigenvalue weighted by atomic mass is 10.1. The Labute approximate surface area is 142 Å². The molecular formula is C17H30N3O4+. The van der Waals surface area contributed by atoms with E-state index in [9.17, 15) is 14.7 Å². The molecule has 4 N–H and O–H groups in total. The SMILES string of the molecule is CCOC(=O)CCCC[C@H](O)c1[nH]c(=O)[nH]c1C[NH+]1CCCCC1. The summed E-state index contributed by atoms with van der Waals surface area (Å²) in [5, 5.41) is 10.4. The van der Waals surface area contributed by atoms with Crippen molar-refractivity contribution in [1.82, 2.24) is 9.97 Å². The first-order valence-corrected chi connectivity index (χ1v) is 9.08. The van der Waals surface area contributed by atoms with Crippen LogP contribution >= 0.6 is 0 Å². The van der Waals surface area contributed by atoms with Crippen LogP contribution in [0.3, 0.4) is 0 Å². The molecule has 1 fully saturated rings. The maximum atomic E-state index is 11.7. The van der Waals surface area contributed by atoms with Crippen LogP contribution in [0.5, 0.6) is 0 Å². The van der Waals surface area contributed by atoms with Crippen molar-refractivity contribution in [2.45, 2.75) is 64.5 Å². The smallest absolute Gasteiger partial charge is 0.323 e. The molecule has 1 saturated heterocycles. The van der Waals surface area contributed by atoms with Crippen LogP contribution in [-0.4, -0.2) is 40.7 Å². The van der Waals surface area contributed by atoms with E-state index in [1.165, 1.54) is 24.2 Å². The number of aromatic amines is 2. The van der Waals surface area contributed by atoms with E-state index in [0.29, 0.717) is 38.0 Å². The Morgan fingerprint density at radius 1 is 1.25 bits per heavy atom. The minimum Gasteiger partial charge on any atom is -0.466 e. The second-order valence-corrected chi connectivity index (χ2v) is 6.53. The number of ether oxygens (including phenoxy) is 1. The summed E-state index contributed by atoms with van der Waals surface area (Å²) in [6.45, 7) is 5.16. The highest BCUT2D eigenvalue weighted by Gasteiger charge is 2.21. The number of quaternary nitrogens is 1. The maximum Gasteiger partial charge on any atom is 0.323 e. The lowest BCUT2D eigenvalue weighted by Gasteiger charge is -2.23. The van der Waals surface area contributed by atoms with Crippen LogP contribution in [0.2, 0.25) is 0 Å². The molecule has 0 amide bonds. The number of carbonyl (C=O) groups excluding carboxylic acids is 1. The highest BCUT2D eigenvalue weighted by atomic mass is 16.5. The first-order chi connectivity index (χ1) is 11.6. The summed E-state index contributed by atoms with van der Waals surface area (Å²) in [4.78, 5) is 30.0. The molecule has 1 aromatic rings. The summed E-state index contributed by atoms with van der Waals surface area (Å²) in [7, 11) is 0. The fraction of sp³-hybridized carbons (Fsp3) is 0.765. The lowest BCUT2D eigenvalue weighted by molar-refractivity contribution is -0.918. The van der Waals surface area contributed by atoms with Crippen LogP contribution in [0.25, 0.3) is 0 Å². The van der Waals surface area contributed by atoms with E-state index in [4.69, 9.17) is 4.74 Å². The van der Waals surface area contributed by atoms with Crippen molar-refractivity contribution >= 4 is 5.97 Å². The third kappa shape index (κ3) is 5.79. The molecule has 0 saturated carbocycles. The molecule has 0 unspecified atom stereocenters. The van der Waals surface area contributed by atoms with E-state index >= 15 is 0 Å². The summed E-state index contributed by atoms with van der Waals surface area (Å²) in [5.74, 6) is -0.198. The predicted molar refractivity (Wildman–Crippen MR) is 89.7 cm³/mol. The molecule has 0 bridgehead atoms. The molecule has 1 aromatic heterocycles. The number of piperidine rings is 1. The quantitative estimate of drug-likeness (QED) is 0.387. The van der Waals surface area contributed by atoms with Gasteiger partial charge in [-0.05, 0) is 45.4 Å². The van der Waals surface area contributed by atoms with Crippen molar-refractivity contribution in [2.75, 3.05) is 19.7 Å². The van der Waals surface area contributed by atoms with Crippen LogP contribution in [-0.2, 0) is 16.1 Å². The highest BCUT2D eigenvalue weighted by Crippen LogP contribution is 2.19. The molecule has 1 aliphatic heterocycles. The summed E-state index contributed by atoms with van der Waals surface area (Å²) in [5.41, 5.74) is 1.16. The van der Waals surface area contributed by atoms with Gasteiger partial charge in [0.1, 0.15) is 6.54 Å². The van der Waals surface area contributed by atoms with Crippen LogP contribution < -0.4 is 10.6 Å². The number of aliphatic hydroxyl groups is 1. The van der Waals surface area contributed by atoms with Gasteiger partial charge in [-0.25, -0.2) is 4.79 Å². The first-order valence-electron chi connectivity index (χ1n) is 9.08. The third-order valence-electron chi connectivity index (χ3n) is 4.57. The standard InChI is InChI=1S/C17H29N3O4/c1-2-24-15(22)9-5-4-8-14(21)16-13(18-17(23)19-16)12-20-10-6-3-7-11-20/h14,21H,2-12H2,1H3,(H2,18,19,23)/p+1/t14-/m0/s1. The minimum atomic E-state index is -0.703. The fourth-order valence-electron chi connectivity index (χ4n) is 3.32. The normalized spacial score (nSPS) is 16.9. The summed E-state index contributed by atoms with van der Waals surface area (Å²) in [6.07, 6.45) is 5.30. The fourth-order valence-corrected chi connectivity index (χ4v) is 3.32. The number of unbranched alkanes of at least 4 members (excludes halogenated alkanes) is 1. The molecule has 2 heterocycles. The number of rotatable bonds is 9. The number of hydrogen-bond donors (Lipinski definition) is 4. The van der Waals surface area contributed by atoms with Gasteiger partial charge in [0.05, 0.1) is 37.2 Å². The summed E-state index contributed by atoms with van der Waals surface area (Å²) < 4.78 is 4.88. The average Bonchev–Trinajstić information content (AvgIpc) is 2.93. The molecule has 0 spiro atoms. The van der Waals surface area contributed by atoms with Crippen LogP contribution in [0.1, 0.15) is 69.4 Å². The molecule has 7 heteroatoms. The lowest BCUT2D eigenvalue weighted by Crippen LogP contribution is -3.11. The Hall–Kier alpha value is -1.60. The van der Waals surface area contributed by atoms with E-state index < -0.39 is 6.10 Å². The number of aliphatic hydroxyl groups excluding tert-OH is 1. The second kappa shape index (κ2) is 9.64. The van der Waals surface area contributed by atoms with Crippen molar-refractivity contribution in [2.24, 2.45) is 0 Å². The number of nitrogens with one attached hydrogen (secondary N) is 3. The predicted octanol–water partition coefficient (Wildman–Crippen LogP) is 0.429. The van der Waals surface area contributed by atoms with Crippen molar-refractivity contribution in [1.29, 1.82) is 0 Å². The number of aromatic nitrogens is 2. The van der Waals surface area contributed by atoms with Crippen molar-refractivity contribution in [3.63, 3.8) is 0 Å². The molecule has 0 aliphatic carbocycles. The monoisotopic (exact) mass is 340 g/mol. The van der Waals surface area contributed by atoms with Crippen LogP contribution in [0.15, 0.2) is 4.79 Å². The number of hydrogen-bond acceptors (Lipinski definition) is 4. The van der Waals surface area contributed by atoms with Crippen LogP contribution in [0.4, 0.5) is 0 Å². The highest BCUT2D eigenvalue weighted by molar-refractivity contribution is 5.69. The van der Waals surface area contributed by atoms with E-state index in [-0.39, 0.29) is 11.7 Å². The number of esters is 1. The van der Waals surface area contributed by atoms with Crippen molar-refractivity contribution in [3.8, 4) is 0 Å². The Morgan fingerprint density at radius 3 is 2.71 bits per heavy atom. The Bertz CT molecular complexity index is 560. The van der Waals surface area contributed by atoms with Crippen LogP contribution in [0, 0.1) is 0 Å². The number of carbonyl (C=O) groups is 1. The molecule has 1 atom stereocenters. The molecule has 0 radical (unpaired) electrons. The minimum absolute atomic E-state index is 0.198. The van der Waals surface area contributed by atoms with E-state index in [2.05, 4.69) is 9.97 Å². The van der Waals surface area contributed by atoms with Gasteiger partial charge in [0.25, 0.3) is 0 Å².